The van der Waals surface area contributed by atoms with E-state index in [9.17, 15) is 9.90 Å². The summed E-state index contributed by atoms with van der Waals surface area (Å²) < 4.78 is 11.2. The summed E-state index contributed by atoms with van der Waals surface area (Å²) in [6, 6.07) is 3.86. The van der Waals surface area contributed by atoms with Gasteiger partial charge in [0.05, 0.1) is 12.7 Å². The Balaban J connectivity index is 1.78. The topological polar surface area (TPSA) is 59.1 Å². The summed E-state index contributed by atoms with van der Waals surface area (Å²) in [6.07, 6.45) is 13.3. The molecule has 3 atom stereocenters. The van der Waals surface area contributed by atoms with Crippen LogP contribution < -0.4 is 4.74 Å². The molecule has 0 amide bonds. The first-order chi connectivity index (χ1) is 15.9. The van der Waals surface area contributed by atoms with Crippen molar-refractivity contribution in [2.75, 3.05) is 6.61 Å². The SMILES string of the molecule is C=C(C)[C@@H]1CCC(C)=C[C@H]1c1c(O)cc(CCCCC)cc1OC(=O)CCCCCC1CO1. The molecule has 0 saturated carbocycles. The van der Waals surface area contributed by atoms with Gasteiger partial charge in [-0.25, -0.2) is 0 Å². The minimum Gasteiger partial charge on any atom is -0.507 e. The van der Waals surface area contributed by atoms with E-state index in [2.05, 4.69) is 33.4 Å². The Hall–Kier alpha value is -2.07. The second-order valence-electron chi connectivity index (χ2n) is 10.0. The van der Waals surface area contributed by atoms with E-state index in [4.69, 9.17) is 9.47 Å². The maximum atomic E-state index is 12.8. The summed E-state index contributed by atoms with van der Waals surface area (Å²) in [7, 11) is 0. The van der Waals surface area contributed by atoms with Gasteiger partial charge in [-0.3, -0.25) is 4.79 Å². The van der Waals surface area contributed by atoms with Gasteiger partial charge in [0.15, 0.2) is 0 Å². The van der Waals surface area contributed by atoms with Gasteiger partial charge in [0.2, 0.25) is 0 Å². The fraction of sp³-hybridized carbons (Fsp3) is 0.621. The van der Waals surface area contributed by atoms with Gasteiger partial charge in [-0.1, -0.05) is 56.4 Å². The zero-order valence-electron chi connectivity index (χ0n) is 20.8. The van der Waals surface area contributed by atoms with Crippen molar-refractivity contribution < 1.29 is 19.4 Å². The van der Waals surface area contributed by atoms with Crippen molar-refractivity contribution in [1.29, 1.82) is 0 Å². The number of carbonyl (C=O) groups excluding carboxylic acids is 1. The van der Waals surface area contributed by atoms with Crippen LogP contribution in [0.3, 0.4) is 0 Å². The molecule has 3 rings (SSSR count). The number of phenols is 1. The van der Waals surface area contributed by atoms with E-state index in [1.807, 2.05) is 12.1 Å². The van der Waals surface area contributed by atoms with Gasteiger partial charge in [0.1, 0.15) is 11.5 Å². The molecule has 1 saturated heterocycles. The van der Waals surface area contributed by atoms with Gasteiger partial charge in [-0.15, -0.1) is 0 Å². The third kappa shape index (κ3) is 7.74. The van der Waals surface area contributed by atoms with Crippen molar-refractivity contribution in [1.82, 2.24) is 0 Å². The molecule has 1 heterocycles. The zero-order chi connectivity index (χ0) is 23.8. The molecule has 1 aliphatic carbocycles. The summed E-state index contributed by atoms with van der Waals surface area (Å²) in [4.78, 5) is 12.8. The quantitative estimate of drug-likeness (QED) is 0.111. The average Bonchev–Trinajstić information content (AvgIpc) is 3.57. The molecule has 4 heteroatoms. The van der Waals surface area contributed by atoms with Crippen LogP contribution >= 0.6 is 0 Å². The van der Waals surface area contributed by atoms with E-state index in [0.29, 0.717) is 18.3 Å². The van der Waals surface area contributed by atoms with E-state index in [-0.39, 0.29) is 23.6 Å². The molecule has 1 aromatic carbocycles. The van der Waals surface area contributed by atoms with E-state index in [1.54, 1.807) is 0 Å². The number of aromatic hydroxyl groups is 1. The number of hydrogen-bond donors (Lipinski definition) is 1. The van der Waals surface area contributed by atoms with Gasteiger partial charge < -0.3 is 14.6 Å². The molecule has 1 N–H and O–H groups in total. The Kier molecular flexibility index (Phi) is 9.61. The van der Waals surface area contributed by atoms with Crippen LogP contribution in [0.15, 0.2) is 35.9 Å². The van der Waals surface area contributed by atoms with Crippen molar-refractivity contribution in [3.05, 3.63) is 47.1 Å². The molecule has 1 fully saturated rings. The van der Waals surface area contributed by atoms with Crippen LogP contribution in [0.4, 0.5) is 0 Å². The van der Waals surface area contributed by atoms with Gasteiger partial charge >= 0.3 is 5.97 Å². The van der Waals surface area contributed by atoms with Crippen LogP contribution in [-0.2, 0) is 16.0 Å². The van der Waals surface area contributed by atoms with Crippen LogP contribution in [0.5, 0.6) is 11.5 Å². The number of carbonyl (C=O) groups is 1. The highest BCUT2D eigenvalue weighted by Crippen LogP contribution is 2.47. The fourth-order valence-corrected chi connectivity index (χ4v) is 4.94. The largest absolute Gasteiger partial charge is 0.507 e. The lowest BCUT2D eigenvalue weighted by atomic mass is 9.73. The fourth-order valence-electron chi connectivity index (χ4n) is 4.94. The lowest BCUT2D eigenvalue weighted by molar-refractivity contribution is -0.134. The average molecular weight is 455 g/mol. The Morgan fingerprint density at radius 1 is 1.21 bits per heavy atom. The van der Waals surface area contributed by atoms with Crippen LogP contribution in [0.1, 0.15) is 102 Å². The molecule has 4 nitrogen and oxygen atoms in total. The molecule has 182 valence electrons. The smallest absolute Gasteiger partial charge is 0.311 e. The van der Waals surface area contributed by atoms with Crippen molar-refractivity contribution in [2.24, 2.45) is 5.92 Å². The standard InChI is InChI=1S/C29H42O4/c1-5-6-8-11-22-17-26(30)29(25-16-21(4)14-15-24(25)20(2)3)27(18-22)33-28(31)13-10-7-9-12-23-19-32-23/h16-18,23-25,30H,2,5-15,19H2,1,3-4H3/t23?,24-,25+/m0/s1. The predicted octanol–water partition coefficient (Wildman–Crippen LogP) is 7.40. The Bertz CT molecular complexity index is 849. The molecule has 0 bridgehead atoms. The van der Waals surface area contributed by atoms with Crippen molar-refractivity contribution in [3.8, 4) is 11.5 Å². The number of aryl methyl sites for hydroxylation is 1. The first kappa shape index (κ1) is 25.6. The monoisotopic (exact) mass is 454 g/mol. The van der Waals surface area contributed by atoms with E-state index in [1.165, 1.54) is 5.57 Å². The Morgan fingerprint density at radius 3 is 2.70 bits per heavy atom. The van der Waals surface area contributed by atoms with Crippen LogP contribution in [0.25, 0.3) is 0 Å². The summed E-state index contributed by atoms with van der Waals surface area (Å²) >= 11 is 0. The van der Waals surface area contributed by atoms with Crippen molar-refractivity contribution in [3.63, 3.8) is 0 Å². The number of unbranched alkanes of at least 4 members (excludes halogenated alkanes) is 4. The molecule has 1 aliphatic heterocycles. The lowest BCUT2D eigenvalue weighted by Crippen LogP contribution is -2.19. The first-order valence-electron chi connectivity index (χ1n) is 12.9. The zero-order valence-corrected chi connectivity index (χ0v) is 20.8. The second-order valence-corrected chi connectivity index (χ2v) is 10.0. The number of allylic oxidation sites excluding steroid dienone is 3. The molecule has 0 spiro atoms. The van der Waals surface area contributed by atoms with E-state index in [0.717, 1.165) is 87.5 Å². The van der Waals surface area contributed by atoms with Gasteiger partial charge in [-0.05, 0) is 76.0 Å². The van der Waals surface area contributed by atoms with E-state index < -0.39 is 0 Å². The predicted molar refractivity (Wildman–Crippen MR) is 134 cm³/mol. The summed E-state index contributed by atoms with van der Waals surface area (Å²) in [5, 5.41) is 11.1. The summed E-state index contributed by atoms with van der Waals surface area (Å²) in [6.45, 7) is 11.5. The number of epoxide rings is 1. The molecule has 33 heavy (non-hydrogen) atoms. The van der Waals surface area contributed by atoms with Gasteiger partial charge in [-0.2, -0.15) is 0 Å². The highest BCUT2D eigenvalue weighted by molar-refractivity contribution is 5.73. The van der Waals surface area contributed by atoms with Crippen molar-refractivity contribution >= 4 is 5.97 Å². The first-order valence-corrected chi connectivity index (χ1v) is 12.9. The summed E-state index contributed by atoms with van der Waals surface area (Å²) in [5.74, 6) is 0.751. The van der Waals surface area contributed by atoms with Crippen molar-refractivity contribution in [2.45, 2.75) is 103 Å². The molecule has 1 aromatic rings. The number of phenolic OH excluding ortho intramolecular Hbond substituents is 1. The minimum atomic E-state index is -0.215. The molecule has 2 aliphatic rings. The second kappa shape index (κ2) is 12.4. The highest BCUT2D eigenvalue weighted by Gasteiger charge is 2.31. The maximum Gasteiger partial charge on any atom is 0.311 e. The molecule has 0 aromatic heterocycles. The number of esters is 1. The number of hydrogen-bond acceptors (Lipinski definition) is 4. The van der Waals surface area contributed by atoms with Crippen LogP contribution in [0.2, 0.25) is 0 Å². The Labute approximate surface area is 200 Å². The molecular formula is C29H42O4. The van der Waals surface area contributed by atoms with E-state index >= 15 is 0 Å². The van der Waals surface area contributed by atoms with Crippen LogP contribution in [0, 0.1) is 5.92 Å². The highest BCUT2D eigenvalue weighted by atomic mass is 16.6. The Morgan fingerprint density at radius 2 is 2.00 bits per heavy atom. The lowest BCUT2D eigenvalue weighted by Gasteiger charge is -2.32. The van der Waals surface area contributed by atoms with Crippen LogP contribution in [-0.4, -0.2) is 23.8 Å². The third-order valence-corrected chi connectivity index (χ3v) is 7.00. The van der Waals surface area contributed by atoms with Gasteiger partial charge in [0, 0.05) is 17.9 Å². The number of rotatable bonds is 13. The normalized spacial score (nSPS) is 22.0. The summed E-state index contributed by atoms with van der Waals surface area (Å²) in [5.41, 5.74) is 4.17. The van der Waals surface area contributed by atoms with Gasteiger partial charge in [0.25, 0.3) is 0 Å². The molecular weight excluding hydrogens is 412 g/mol. The molecule has 0 radical (unpaired) electrons. The maximum absolute atomic E-state index is 12.8. The molecule has 1 unspecified atom stereocenters. The third-order valence-electron chi connectivity index (χ3n) is 7.00. The number of ether oxygens (including phenoxy) is 2. The minimum absolute atomic E-state index is 0.0257. The number of benzene rings is 1.